The third kappa shape index (κ3) is 4.64. The summed E-state index contributed by atoms with van der Waals surface area (Å²) in [5, 5.41) is 8.58. The van der Waals surface area contributed by atoms with E-state index >= 15 is 0 Å². The normalized spacial score (nSPS) is 11.9. The van der Waals surface area contributed by atoms with Crippen LogP contribution in [0.5, 0.6) is 5.75 Å². The third-order valence-corrected chi connectivity index (χ3v) is 2.50. The predicted octanol–water partition coefficient (Wildman–Crippen LogP) is 0.882. The summed E-state index contributed by atoms with van der Waals surface area (Å²) in [6.45, 7) is 1.16. The molecular formula is C14H15NO6. The summed E-state index contributed by atoms with van der Waals surface area (Å²) >= 11 is 0. The Labute approximate surface area is 121 Å². The molecule has 0 aliphatic carbocycles. The number of rotatable bonds is 6. The Kier molecular flexibility index (Phi) is 5.48. The van der Waals surface area contributed by atoms with E-state index < -0.39 is 23.9 Å². The second-order valence-corrected chi connectivity index (χ2v) is 4.06. The number of nitrogens with two attached hydrogens (primary N) is 1. The van der Waals surface area contributed by atoms with E-state index in [0.717, 1.165) is 13.0 Å². The van der Waals surface area contributed by atoms with Crippen LogP contribution >= 0.6 is 0 Å². The number of hydrogen-bond acceptors (Lipinski definition) is 5. The fraction of sp³-hybridized carbons (Fsp3) is 0.214. The average Bonchev–Trinajstić information content (AvgIpc) is 2.41. The molecule has 0 heterocycles. The van der Waals surface area contributed by atoms with Crippen LogP contribution in [-0.4, -0.2) is 30.1 Å². The zero-order valence-corrected chi connectivity index (χ0v) is 11.5. The van der Waals surface area contributed by atoms with Gasteiger partial charge in [0.1, 0.15) is 5.75 Å². The number of amides is 1. The summed E-state index contributed by atoms with van der Waals surface area (Å²) in [6.07, 6.45) is 1.06. The Bertz CT molecular complexity index is 593. The largest absolute Gasteiger partial charge is 0.496 e. The first-order chi connectivity index (χ1) is 9.85. The van der Waals surface area contributed by atoms with Crippen LogP contribution in [0.25, 0.3) is 6.08 Å². The highest BCUT2D eigenvalue weighted by Gasteiger charge is 2.24. The summed E-state index contributed by atoms with van der Waals surface area (Å²) in [5.74, 6) is -2.33. The molecule has 21 heavy (non-hydrogen) atoms. The maximum atomic E-state index is 11.4. The summed E-state index contributed by atoms with van der Waals surface area (Å²) in [7, 11) is 1.37. The molecule has 1 aromatic rings. The standard InChI is InChI=1S/C14H15NO6/c1-8(16)21-13(14(15)19)10-5-3-9(4-6-12(17)18)7-11(10)20-2/h3-7,13H,1-2H3,(H2,15,19)(H,17,18)/b6-4+. The highest BCUT2D eigenvalue weighted by Crippen LogP contribution is 2.29. The van der Waals surface area contributed by atoms with Gasteiger partial charge in [0, 0.05) is 18.6 Å². The molecule has 1 aromatic carbocycles. The number of carboxylic acids is 1. The van der Waals surface area contributed by atoms with Crippen LogP contribution < -0.4 is 10.5 Å². The van der Waals surface area contributed by atoms with Crippen LogP contribution in [0.15, 0.2) is 24.3 Å². The molecule has 3 N–H and O–H groups in total. The van der Waals surface area contributed by atoms with Crippen molar-refractivity contribution < 1.29 is 29.0 Å². The van der Waals surface area contributed by atoms with E-state index in [9.17, 15) is 14.4 Å². The van der Waals surface area contributed by atoms with Crippen LogP contribution in [0, 0.1) is 0 Å². The first-order valence-corrected chi connectivity index (χ1v) is 5.90. The molecule has 7 heteroatoms. The van der Waals surface area contributed by atoms with Crippen molar-refractivity contribution in [3.8, 4) is 5.75 Å². The van der Waals surface area contributed by atoms with Crippen LogP contribution in [0.1, 0.15) is 24.2 Å². The molecule has 1 atom stereocenters. The van der Waals surface area contributed by atoms with Gasteiger partial charge in [-0.05, 0) is 17.7 Å². The Morgan fingerprint density at radius 2 is 2.00 bits per heavy atom. The van der Waals surface area contributed by atoms with Crippen molar-refractivity contribution in [3.63, 3.8) is 0 Å². The molecule has 0 fully saturated rings. The topological polar surface area (TPSA) is 116 Å². The van der Waals surface area contributed by atoms with E-state index in [4.69, 9.17) is 20.3 Å². The summed E-state index contributed by atoms with van der Waals surface area (Å²) < 4.78 is 10.00. The first kappa shape index (κ1) is 16.2. The first-order valence-electron chi connectivity index (χ1n) is 5.90. The molecule has 112 valence electrons. The van der Waals surface area contributed by atoms with Crippen molar-refractivity contribution in [2.75, 3.05) is 7.11 Å². The molecule has 0 aliphatic heterocycles. The molecule has 0 saturated heterocycles. The van der Waals surface area contributed by atoms with Crippen molar-refractivity contribution >= 4 is 23.9 Å². The van der Waals surface area contributed by atoms with Gasteiger partial charge in [-0.25, -0.2) is 4.79 Å². The van der Waals surface area contributed by atoms with E-state index in [1.807, 2.05) is 0 Å². The SMILES string of the molecule is COc1cc(/C=C/C(=O)O)ccc1C(OC(C)=O)C(N)=O. The highest BCUT2D eigenvalue weighted by atomic mass is 16.5. The Morgan fingerprint density at radius 3 is 2.48 bits per heavy atom. The molecular weight excluding hydrogens is 278 g/mol. The van der Waals surface area contributed by atoms with Gasteiger partial charge in [-0.1, -0.05) is 12.1 Å². The lowest BCUT2D eigenvalue weighted by molar-refractivity contribution is -0.153. The van der Waals surface area contributed by atoms with Crippen LogP contribution in [-0.2, 0) is 19.1 Å². The molecule has 0 aliphatic rings. The fourth-order valence-corrected chi connectivity index (χ4v) is 1.66. The fourth-order valence-electron chi connectivity index (χ4n) is 1.66. The van der Waals surface area contributed by atoms with Crippen LogP contribution in [0.3, 0.4) is 0 Å². The molecule has 7 nitrogen and oxygen atoms in total. The van der Waals surface area contributed by atoms with Gasteiger partial charge in [-0.2, -0.15) is 0 Å². The highest BCUT2D eigenvalue weighted by molar-refractivity contribution is 5.86. The van der Waals surface area contributed by atoms with E-state index in [1.165, 1.54) is 25.3 Å². The van der Waals surface area contributed by atoms with Gasteiger partial charge in [0.15, 0.2) is 0 Å². The number of ether oxygens (including phenoxy) is 2. The van der Waals surface area contributed by atoms with E-state index in [0.29, 0.717) is 5.56 Å². The van der Waals surface area contributed by atoms with Crippen LogP contribution in [0.4, 0.5) is 0 Å². The number of benzene rings is 1. The minimum absolute atomic E-state index is 0.257. The summed E-state index contributed by atoms with van der Waals surface area (Å²) in [4.78, 5) is 32.9. The van der Waals surface area contributed by atoms with Crippen molar-refractivity contribution in [3.05, 3.63) is 35.4 Å². The number of primary amides is 1. The lowest BCUT2D eigenvalue weighted by Crippen LogP contribution is -2.25. The molecule has 1 amide bonds. The molecule has 0 aromatic heterocycles. The molecule has 1 unspecified atom stereocenters. The van der Waals surface area contributed by atoms with Gasteiger partial charge >= 0.3 is 11.9 Å². The number of esters is 1. The minimum Gasteiger partial charge on any atom is -0.496 e. The second kappa shape index (κ2) is 7.09. The maximum Gasteiger partial charge on any atom is 0.328 e. The van der Waals surface area contributed by atoms with Gasteiger partial charge in [0.2, 0.25) is 6.10 Å². The zero-order valence-electron chi connectivity index (χ0n) is 11.5. The lowest BCUT2D eigenvalue weighted by Gasteiger charge is -2.17. The number of aliphatic carboxylic acids is 1. The zero-order chi connectivity index (χ0) is 16.0. The molecule has 1 rings (SSSR count). The smallest absolute Gasteiger partial charge is 0.328 e. The number of methoxy groups -OCH3 is 1. The van der Waals surface area contributed by atoms with Gasteiger partial charge in [0.25, 0.3) is 5.91 Å². The number of carboxylic acid groups (broad SMARTS) is 1. The summed E-state index contributed by atoms with van der Waals surface area (Å²) in [5.41, 5.74) is 6.04. The second-order valence-electron chi connectivity index (χ2n) is 4.06. The van der Waals surface area contributed by atoms with Crippen molar-refractivity contribution in [2.45, 2.75) is 13.0 Å². The minimum atomic E-state index is -1.27. The van der Waals surface area contributed by atoms with Crippen molar-refractivity contribution in [1.82, 2.24) is 0 Å². The Balaban J connectivity index is 3.20. The van der Waals surface area contributed by atoms with Crippen molar-refractivity contribution in [1.29, 1.82) is 0 Å². The monoisotopic (exact) mass is 293 g/mol. The van der Waals surface area contributed by atoms with Crippen molar-refractivity contribution in [2.24, 2.45) is 5.73 Å². The van der Waals surface area contributed by atoms with E-state index in [2.05, 4.69) is 0 Å². The van der Waals surface area contributed by atoms with Gasteiger partial charge in [-0.15, -0.1) is 0 Å². The number of carbonyl (C=O) groups excluding carboxylic acids is 2. The average molecular weight is 293 g/mol. The Hall–Kier alpha value is -2.83. The van der Waals surface area contributed by atoms with Gasteiger partial charge in [0.05, 0.1) is 7.11 Å². The van der Waals surface area contributed by atoms with Gasteiger partial charge in [-0.3, -0.25) is 9.59 Å². The van der Waals surface area contributed by atoms with E-state index in [-0.39, 0.29) is 11.3 Å². The predicted molar refractivity (Wildman–Crippen MR) is 73.4 cm³/mol. The lowest BCUT2D eigenvalue weighted by atomic mass is 10.0. The molecule has 0 saturated carbocycles. The van der Waals surface area contributed by atoms with E-state index in [1.54, 1.807) is 6.07 Å². The summed E-state index contributed by atoms with van der Waals surface area (Å²) in [6, 6.07) is 4.55. The van der Waals surface area contributed by atoms with Crippen LogP contribution in [0.2, 0.25) is 0 Å². The molecule has 0 spiro atoms. The van der Waals surface area contributed by atoms with Gasteiger partial charge < -0.3 is 20.3 Å². The molecule has 0 radical (unpaired) electrons. The molecule has 0 bridgehead atoms. The Morgan fingerprint density at radius 1 is 1.33 bits per heavy atom. The number of hydrogen-bond donors (Lipinski definition) is 2. The number of carbonyl (C=O) groups is 3. The quantitative estimate of drug-likeness (QED) is 0.594. The maximum absolute atomic E-state index is 11.4. The third-order valence-electron chi connectivity index (χ3n) is 2.50.